The third-order valence-electron chi connectivity index (χ3n) is 2.99. The van der Waals surface area contributed by atoms with Gasteiger partial charge in [0, 0.05) is 32.2 Å². The smallest absolute Gasteiger partial charge is 0.309 e. The Hall–Kier alpha value is -1.88. The molecule has 0 unspecified atom stereocenters. The first-order valence-electron chi connectivity index (χ1n) is 5.86. The van der Waals surface area contributed by atoms with Gasteiger partial charge in [0.25, 0.3) is 0 Å². The fourth-order valence-electron chi connectivity index (χ4n) is 2.01. The van der Waals surface area contributed by atoms with Crippen molar-refractivity contribution in [2.75, 3.05) is 18.4 Å². The van der Waals surface area contributed by atoms with E-state index in [4.69, 9.17) is 5.11 Å². The summed E-state index contributed by atoms with van der Waals surface area (Å²) in [6.45, 7) is 3.45. The predicted molar refractivity (Wildman–Crippen MR) is 67.1 cm³/mol. The van der Waals surface area contributed by atoms with E-state index in [-0.39, 0.29) is 11.8 Å². The van der Waals surface area contributed by atoms with Crippen LogP contribution in [0.5, 0.6) is 0 Å². The van der Waals surface area contributed by atoms with Gasteiger partial charge in [-0.15, -0.1) is 0 Å². The minimum Gasteiger partial charge on any atom is -0.481 e. The third kappa shape index (κ3) is 3.07. The molecule has 0 radical (unpaired) electrons. The topological polar surface area (TPSA) is 69.6 Å². The number of rotatable bonds is 4. The Morgan fingerprint density at radius 2 is 1.94 bits per heavy atom. The lowest BCUT2D eigenvalue weighted by molar-refractivity contribution is -0.147. The molecule has 0 bridgehead atoms. The van der Waals surface area contributed by atoms with Crippen LogP contribution in [0.15, 0.2) is 24.3 Å². The number of nitrogens with one attached hydrogen (secondary N) is 1. The maximum Gasteiger partial charge on any atom is 0.309 e. The molecule has 5 heteroatoms. The average Bonchev–Trinajstić information content (AvgIpc) is 2.23. The summed E-state index contributed by atoms with van der Waals surface area (Å²) in [4.78, 5) is 23.6. The van der Waals surface area contributed by atoms with Crippen LogP contribution in [0.3, 0.4) is 0 Å². The Bertz CT molecular complexity index is 450. The molecule has 1 amide bonds. The molecule has 5 nitrogen and oxygen atoms in total. The van der Waals surface area contributed by atoms with Crippen LogP contribution in [0.2, 0.25) is 0 Å². The second-order valence-electron chi connectivity index (χ2n) is 4.61. The number of aliphatic carboxylic acids is 1. The van der Waals surface area contributed by atoms with Gasteiger partial charge >= 0.3 is 5.97 Å². The normalized spacial score (nSPS) is 16.1. The number of carbonyl (C=O) groups is 2. The van der Waals surface area contributed by atoms with Crippen molar-refractivity contribution in [2.24, 2.45) is 5.92 Å². The quantitative estimate of drug-likeness (QED) is 0.839. The van der Waals surface area contributed by atoms with Gasteiger partial charge in [0.05, 0.1) is 5.92 Å². The molecule has 0 saturated carbocycles. The Labute approximate surface area is 105 Å². The first-order chi connectivity index (χ1) is 8.54. The summed E-state index contributed by atoms with van der Waals surface area (Å²) in [5, 5.41) is 11.5. The van der Waals surface area contributed by atoms with E-state index in [1.54, 1.807) is 0 Å². The summed E-state index contributed by atoms with van der Waals surface area (Å²) in [5.41, 5.74) is 1.89. The molecule has 1 heterocycles. The van der Waals surface area contributed by atoms with Gasteiger partial charge in [0.15, 0.2) is 0 Å². The summed E-state index contributed by atoms with van der Waals surface area (Å²) >= 11 is 0. The van der Waals surface area contributed by atoms with Crippen molar-refractivity contribution < 1.29 is 14.7 Å². The van der Waals surface area contributed by atoms with Gasteiger partial charge in [0.2, 0.25) is 5.91 Å². The van der Waals surface area contributed by atoms with Crippen molar-refractivity contribution in [1.82, 2.24) is 4.90 Å². The van der Waals surface area contributed by atoms with E-state index in [1.165, 1.54) is 6.92 Å². The van der Waals surface area contributed by atoms with Crippen molar-refractivity contribution in [3.05, 3.63) is 29.8 Å². The summed E-state index contributed by atoms with van der Waals surface area (Å²) in [7, 11) is 0. The Morgan fingerprint density at radius 1 is 1.33 bits per heavy atom. The van der Waals surface area contributed by atoms with Crippen molar-refractivity contribution >= 4 is 17.6 Å². The second kappa shape index (κ2) is 5.18. The van der Waals surface area contributed by atoms with E-state index in [1.807, 2.05) is 24.3 Å². The van der Waals surface area contributed by atoms with Gasteiger partial charge < -0.3 is 10.4 Å². The highest BCUT2D eigenvalue weighted by molar-refractivity contribution is 5.88. The molecule has 1 aliphatic rings. The minimum absolute atomic E-state index is 0.0882. The molecule has 96 valence electrons. The van der Waals surface area contributed by atoms with Gasteiger partial charge in [-0.25, -0.2) is 0 Å². The molecule has 1 saturated heterocycles. The maximum absolute atomic E-state index is 10.9. The lowest BCUT2D eigenvalue weighted by Crippen LogP contribution is -2.49. The standard InChI is InChI=1S/C13H16N2O3/c1-9(16)14-12-4-2-10(3-5-12)6-15-7-11(8-15)13(17)18/h2-5,11H,6-8H2,1H3,(H,14,16)(H,17,18). The zero-order valence-corrected chi connectivity index (χ0v) is 10.2. The van der Waals surface area contributed by atoms with Gasteiger partial charge in [0.1, 0.15) is 0 Å². The molecule has 2 rings (SSSR count). The van der Waals surface area contributed by atoms with Gasteiger partial charge in [-0.05, 0) is 17.7 Å². The van der Waals surface area contributed by atoms with Crippen LogP contribution >= 0.6 is 0 Å². The van der Waals surface area contributed by atoms with Crippen molar-refractivity contribution in [1.29, 1.82) is 0 Å². The number of carboxylic acid groups (broad SMARTS) is 1. The molecular formula is C13H16N2O3. The molecule has 0 aromatic heterocycles. The van der Waals surface area contributed by atoms with E-state index in [0.29, 0.717) is 13.1 Å². The lowest BCUT2D eigenvalue weighted by Gasteiger charge is -2.36. The van der Waals surface area contributed by atoms with Crippen LogP contribution in [0.1, 0.15) is 12.5 Å². The van der Waals surface area contributed by atoms with Gasteiger partial charge in [-0.1, -0.05) is 12.1 Å². The number of hydrogen-bond donors (Lipinski definition) is 2. The zero-order chi connectivity index (χ0) is 13.1. The molecule has 18 heavy (non-hydrogen) atoms. The molecule has 1 fully saturated rings. The first kappa shape index (κ1) is 12.6. The van der Waals surface area contributed by atoms with Crippen LogP contribution in [-0.4, -0.2) is 35.0 Å². The van der Waals surface area contributed by atoms with Gasteiger partial charge in [-0.3, -0.25) is 14.5 Å². The summed E-state index contributed by atoms with van der Waals surface area (Å²) in [6, 6.07) is 7.59. The fraction of sp³-hybridized carbons (Fsp3) is 0.385. The first-order valence-corrected chi connectivity index (χ1v) is 5.86. The monoisotopic (exact) mass is 248 g/mol. The highest BCUT2D eigenvalue weighted by Crippen LogP contribution is 2.19. The predicted octanol–water partition coefficient (Wildman–Crippen LogP) is 1.16. The van der Waals surface area contributed by atoms with Crippen molar-refractivity contribution in [3.8, 4) is 0 Å². The Balaban J connectivity index is 1.84. The van der Waals surface area contributed by atoms with Crippen molar-refractivity contribution in [3.63, 3.8) is 0 Å². The molecule has 1 aromatic carbocycles. The van der Waals surface area contributed by atoms with E-state index in [2.05, 4.69) is 10.2 Å². The number of benzene rings is 1. The van der Waals surface area contributed by atoms with Crippen LogP contribution in [0.25, 0.3) is 0 Å². The molecule has 2 N–H and O–H groups in total. The van der Waals surface area contributed by atoms with Crippen LogP contribution in [0.4, 0.5) is 5.69 Å². The van der Waals surface area contributed by atoms with E-state index in [0.717, 1.165) is 17.8 Å². The number of likely N-dealkylation sites (tertiary alicyclic amines) is 1. The maximum atomic E-state index is 10.9. The summed E-state index contributed by atoms with van der Waals surface area (Å²) in [6.07, 6.45) is 0. The molecule has 1 aliphatic heterocycles. The van der Waals surface area contributed by atoms with Crippen LogP contribution in [-0.2, 0) is 16.1 Å². The van der Waals surface area contributed by atoms with Crippen molar-refractivity contribution in [2.45, 2.75) is 13.5 Å². The highest BCUT2D eigenvalue weighted by Gasteiger charge is 2.31. The second-order valence-corrected chi connectivity index (χ2v) is 4.61. The van der Waals surface area contributed by atoms with Gasteiger partial charge in [-0.2, -0.15) is 0 Å². The largest absolute Gasteiger partial charge is 0.481 e. The Morgan fingerprint density at radius 3 is 2.44 bits per heavy atom. The lowest BCUT2D eigenvalue weighted by atomic mass is 9.99. The molecular weight excluding hydrogens is 232 g/mol. The molecule has 0 spiro atoms. The number of nitrogens with zero attached hydrogens (tertiary/aromatic N) is 1. The Kier molecular flexibility index (Phi) is 3.62. The average molecular weight is 248 g/mol. The van der Waals surface area contributed by atoms with Crippen LogP contribution < -0.4 is 5.32 Å². The summed E-state index contributed by atoms with van der Waals surface area (Å²) < 4.78 is 0. The molecule has 1 aromatic rings. The third-order valence-corrected chi connectivity index (χ3v) is 2.99. The van der Waals surface area contributed by atoms with E-state index < -0.39 is 5.97 Å². The SMILES string of the molecule is CC(=O)Nc1ccc(CN2CC(C(=O)O)C2)cc1. The number of hydrogen-bond acceptors (Lipinski definition) is 3. The summed E-state index contributed by atoms with van der Waals surface area (Å²) in [5.74, 6) is -1.02. The highest BCUT2D eigenvalue weighted by atomic mass is 16.4. The number of carboxylic acids is 1. The molecule has 0 atom stereocenters. The number of carbonyl (C=O) groups excluding carboxylic acids is 1. The van der Waals surface area contributed by atoms with E-state index in [9.17, 15) is 9.59 Å². The number of anilines is 1. The zero-order valence-electron chi connectivity index (χ0n) is 10.2. The van der Waals surface area contributed by atoms with E-state index >= 15 is 0 Å². The van der Waals surface area contributed by atoms with Crippen LogP contribution in [0, 0.1) is 5.92 Å². The minimum atomic E-state index is -0.716. The number of amides is 1. The fourth-order valence-corrected chi connectivity index (χ4v) is 2.01. The molecule has 0 aliphatic carbocycles.